The van der Waals surface area contributed by atoms with Crippen LogP contribution in [-0.4, -0.2) is 64.1 Å². The first-order valence-corrected chi connectivity index (χ1v) is 7.37. The molecule has 4 heteroatoms. The van der Waals surface area contributed by atoms with Gasteiger partial charge in [0.1, 0.15) is 0 Å². The van der Waals surface area contributed by atoms with Crippen molar-refractivity contribution in [3.8, 4) is 0 Å². The summed E-state index contributed by atoms with van der Waals surface area (Å²) in [7, 11) is 2.23. The Balaban J connectivity index is 1.70. The van der Waals surface area contributed by atoms with Gasteiger partial charge in [-0.2, -0.15) is 0 Å². The van der Waals surface area contributed by atoms with Crippen LogP contribution in [0, 0.1) is 11.8 Å². The summed E-state index contributed by atoms with van der Waals surface area (Å²) in [6.45, 7) is 9.18. The second-order valence-corrected chi connectivity index (χ2v) is 5.77. The number of hydrogen-bond donors (Lipinski definition) is 1. The monoisotopic (exact) mass is 256 g/mol. The van der Waals surface area contributed by atoms with Crippen molar-refractivity contribution in [1.82, 2.24) is 10.2 Å². The Morgan fingerprint density at radius 2 is 2.06 bits per heavy atom. The molecule has 2 rings (SSSR count). The molecule has 2 fully saturated rings. The molecule has 0 saturated carbocycles. The van der Waals surface area contributed by atoms with E-state index in [-0.39, 0.29) is 0 Å². The third kappa shape index (κ3) is 4.19. The maximum atomic E-state index is 5.60. The Labute approximate surface area is 111 Å². The number of ether oxygens (including phenoxy) is 2. The molecule has 0 amide bonds. The van der Waals surface area contributed by atoms with Crippen molar-refractivity contribution in [3.63, 3.8) is 0 Å². The molecule has 18 heavy (non-hydrogen) atoms. The van der Waals surface area contributed by atoms with Gasteiger partial charge in [0.05, 0.1) is 19.8 Å². The predicted octanol–water partition coefficient (Wildman–Crippen LogP) is 0.969. The van der Waals surface area contributed by atoms with Crippen molar-refractivity contribution in [3.05, 3.63) is 0 Å². The average molecular weight is 256 g/mol. The molecule has 0 aromatic rings. The predicted molar refractivity (Wildman–Crippen MR) is 72.8 cm³/mol. The summed E-state index contributed by atoms with van der Waals surface area (Å²) in [4.78, 5) is 2.46. The van der Waals surface area contributed by atoms with Gasteiger partial charge in [-0.15, -0.1) is 0 Å². The summed E-state index contributed by atoms with van der Waals surface area (Å²) in [6.07, 6.45) is 2.55. The standard InChI is InChI=1S/C14H28N2O2/c1-3-15-14-11-18-10-13(14)8-16(2)7-12-5-4-6-17-9-12/h12-15H,3-11H2,1-2H3. The molecule has 2 aliphatic heterocycles. The number of nitrogens with zero attached hydrogens (tertiary/aromatic N) is 1. The first kappa shape index (κ1) is 14.3. The Morgan fingerprint density at radius 3 is 2.78 bits per heavy atom. The molecule has 106 valence electrons. The molecule has 0 spiro atoms. The van der Waals surface area contributed by atoms with Crippen LogP contribution in [0.2, 0.25) is 0 Å². The van der Waals surface area contributed by atoms with E-state index >= 15 is 0 Å². The summed E-state index contributed by atoms with van der Waals surface area (Å²) < 4.78 is 11.1. The van der Waals surface area contributed by atoms with Crippen LogP contribution in [0.1, 0.15) is 19.8 Å². The first-order valence-electron chi connectivity index (χ1n) is 7.37. The van der Waals surface area contributed by atoms with Crippen LogP contribution in [0.25, 0.3) is 0 Å². The zero-order chi connectivity index (χ0) is 12.8. The molecule has 4 nitrogen and oxygen atoms in total. The fourth-order valence-corrected chi connectivity index (χ4v) is 3.13. The highest BCUT2D eigenvalue weighted by molar-refractivity contribution is 4.83. The van der Waals surface area contributed by atoms with E-state index in [2.05, 4.69) is 24.2 Å². The summed E-state index contributed by atoms with van der Waals surface area (Å²) in [5.74, 6) is 1.36. The molecule has 0 radical (unpaired) electrons. The van der Waals surface area contributed by atoms with Crippen molar-refractivity contribution < 1.29 is 9.47 Å². The Kier molecular flexibility index (Phi) is 5.89. The highest BCUT2D eigenvalue weighted by Gasteiger charge is 2.28. The fourth-order valence-electron chi connectivity index (χ4n) is 3.13. The quantitative estimate of drug-likeness (QED) is 0.768. The van der Waals surface area contributed by atoms with Gasteiger partial charge < -0.3 is 19.7 Å². The molecule has 0 aliphatic carbocycles. The lowest BCUT2D eigenvalue weighted by atomic mass is 9.99. The molecule has 0 aromatic carbocycles. The second kappa shape index (κ2) is 7.43. The number of hydrogen-bond acceptors (Lipinski definition) is 4. The summed E-state index contributed by atoms with van der Waals surface area (Å²) in [5.41, 5.74) is 0. The van der Waals surface area contributed by atoms with E-state index in [9.17, 15) is 0 Å². The molecule has 3 unspecified atom stereocenters. The smallest absolute Gasteiger partial charge is 0.0623 e. The minimum atomic E-state index is 0.542. The molecule has 2 aliphatic rings. The minimum absolute atomic E-state index is 0.542. The highest BCUT2D eigenvalue weighted by Crippen LogP contribution is 2.18. The summed E-state index contributed by atoms with van der Waals surface area (Å²) in [6, 6.07) is 0.542. The van der Waals surface area contributed by atoms with E-state index in [1.165, 1.54) is 12.8 Å². The zero-order valence-corrected chi connectivity index (χ0v) is 11.9. The molecule has 0 aromatic heterocycles. The van der Waals surface area contributed by atoms with Gasteiger partial charge in [0.2, 0.25) is 0 Å². The van der Waals surface area contributed by atoms with Crippen LogP contribution in [0.5, 0.6) is 0 Å². The van der Waals surface area contributed by atoms with Gasteiger partial charge in [-0.25, -0.2) is 0 Å². The molecular formula is C14H28N2O2. The van der Waals surface area contributed by atoms with Crippen molar-refractivity contribution >= 4 is 0 Å². The van der Waals surface area contributed by atoms with Gasteiger partial charge in [-0.3, -0.25) is 0 Å². The third-order valence-electron chi connectivity index (χ3n) is 4.04. The molecule has 1 N–H and O–H groups in total. The maximum Gasteiger partial charge on any atom is 0.0623 e. The molecule has 2 saturated heterocycles. The molecule has 3 atom stereocenters. The second-order valence-electron chi connectivity index (χ2n) is 5.77. The van der Waals surface area contributed by atoms with Crippen LogP contribution in [-0.2, 0) is 9.47 Å². The van der Waals surface area contributed by atoms with Crippen LogP contribution in [0.4, 0.5) is 0 Å². The van der Waals surface area contributed by atoms with E-state index in [1.54, 1.807) is 0 Å². The first-order chi connectivity index (χ1) is 8.79. The van der Waals surface area contributed by atoms with E-state index in [0.29, 0.717) is 12.0 Å². The van der Waals surface area contributed by atoms with Gasteiger partial charge in [-0.05, 0) is 32.4 Å². The summed E-state index contributed by atoms with van der Waals surface area (Å²) >= 11 is 0. The third-order valence-corrected chi connectivity index (χ3v) is 4.04. The molecular weight excluding hydrogens is 228 g/mol. The lowest BCUT2D eigenvalue weighted by molar-refractivity contribution is 0.0395. The van der Waals surface area contributed by atoms with Crippen LogP contribution in [0.3, 0.4) is 0 Å². The van der Waals surface area contributed by atoms with Crippen LogP contribution < -0.4 is 5.32 Å². The van der Waals surface area contributed by atoms with Crippen LogP contribution >= 0.6 is 0 Å². The summed E-state index contributed by atoms with van der Waals surface area (Å²) in [5, 5.41) is 3.53. The van der Waals surface area contributed by atoms with E-state index in [0.717, 1.165) is 52.0 Å². The maximum absolute atomic E-state index is 5.60. The van der Waals surface area contributed by atoms with Crippen molar-refractivity contribution in [2.45, 2.75) is 25.8 Å². The zero-order valence-electron chi connectivity index (χ0n) is 11.9. The van der Waals surface area contributed by atoms with Crippen molar-refractivity contribution in [1.29, 1.82) is 0 Å². The Morgan fingerprint density at radius 1 is 1.17 bits per heavy atom. The SMILES string of the molecule is CCNC1COCC1CN(C)CC1CCCOC1. The van der Waals surface area contributed by atoms with E-state index in [1.807, 2.05) is 0 Å². The number of rotatable bonds is 6. The minimum Gasteiger partial charge on any atom is -0.381 e. The molecule has 2 heterocycles. The van der Waals surface area contributed by atoms with Crippen molar-refractivity contribution in [2.75, 3.05) is 53.1 Å². The lowest BCUT2D eigenvalue weighted by Gasteiger charge is -2.29. The Hall–Kier alpha value is -0.160. The van der Waals surface area contributed by atoms with Gasteiger partial charge in [0, 0.05) is 31.7 Å². The fraction of sp³-hybridized carbons (Fsp3) is 1.00. The van der Waals surface area contributed by atoms with Gasteiger partial charge in [-0.1, -0.05) is 6.92 Å². The number of nitrogens with one attached hydrogen (secondary N) is 1. The van der Waals surface area contributed by atoms with Crippen molar-refractivity contribution in [2.24, 2.45) is 11.8 Å². The van der Waals surface area contributed by atoms with E-state index in [4.69, 9.17) is 9.47 Å². The topological polar surface area (TPSA) is 33.7 Å². The normalized spacial score (nSPS) is 33.2. The number of likely N-dealkylation sites (N-methyl/N-ethyl adjacent to an activating group) is 1. The largest absolute Gasteiger partial charge is 0.381 e. The van der Waals surface area contributed by atoms with E-state index < -0.39 is 0 Å². The van der Waals surface area contributed by atoms with Crippen LogP contribution in [0.15, 0.2) is 0 Å². The van der Waals surface area contributed by atoms with Gasteiger partial charge in [0.25, 0.3) is 0 Å². The van der Waals surface area contributed by atoms with Gasteiger partial charge >= 0.3 is 0 Å². The Bertz CT molecular complexity index is 232. The molecule has 0 bridgehead atoms. The van der Waals surface area contributed by atoms with Gasteiger partial charge in [0.15, 0.2) is 0 Å². The average Bonchev–Trinajstić information content (AvgIpc) is 2.78. The lowest BCUT2D eigenvalue weighted by Crippen LogP contribution is -2.42. The highest BCUT2D eigenvalue weighted by atomic mass is 16.5.